The van der Waals surface area contributed by atoms with Gasteiger partial charge in [0, 0.05) is 16.6 Å². The second-order valence-electron chi connectivity index (χ2n) is 5.90. The van der Waals surface area contributed by atoms with Crippen LogP contribution in [0.15, 0.2) is 59.0 Å². The Morgan fingerprint density at radius 1 is 1.19 bits per heavy atom. The first-order valence-corrected chi connectivity index (χ1v) is 9.28. The molecule has 0 spiro atoms. The van der Waals surface area contributed by atoms with Crippen LogP contribution in [-0.2, 0) is 4.79 Å². The summed E-state index contributed by atoms with van der Waals surface area (Å²) < 4.78 is 5.66. The molecule has 6 nitrogen and oxygen atoms in total. The Labute approximate surface area is 161 Å². The second-order valence-corrected chi connectivity index (χ2v) is 6.76. The number of thiazole rings is 1. The molecule has 138 valence electrons. The van der Waals surface area contributed by atoms with Gasteiger partial charge in [-0.2, -0.15) is 5.10 Å². The molecule has 1 aromatic heterocycles. The predicted molar refractivity (Wildman–Crippen MR) is 110 cm³/mol. The van der Waals surface area contributed by atoms with Crippen molar-refractivity contribution in [2.24, 2.45) is 5.10 Å². The third-order valence-electron chi connectivity index (χ3n) is 3.60. The van der Waals surface area contributed by atoms with Gasteiger partial charge < -0.3 is 10.1 Å². The highest BCUT2D eigenvalue weighted by Crippen LogP contribution is 2.17. The highest BCUT2D eigenvalue weighted by Gasteiger charge is 2.06. The van der Waals surface area contributed by atoms with Crippen molar-refractivity contribution in [2.45, 2.75) is 13.8 Å². The van der Waals surface area contributed by atoms with E-state index in [0.717, 1.165) is 27.6 Å². The minimum absolute atomic E-state index is 0.0855. The van der Waals surface area contributed by atoms with Crippen molar-refractivity contribution < 1.29 is 9.53 Å². The van der Waals surface area contributed by atoms with Gasteiger partial charge in [0.05, 0.1) is 11.9 Å². The zero-order valence-electron chi connectivity index (χ0n) is 15.1. The Balaban J connectivity index is 1.56. The predicted octanol–water partition coefficient (Wildman–Crippen LogP) is 4.22. The number of hydrazone groups is 1. The van der Waals surface area contributed by atoms with Gasteiger partial charge in [-0.05, 0) is 38.1 Å². The molecule has 2 aromatic carbocycles. The first-order chi connectivity index (χ1) is 13.1. The monoisotopic (exact) mass is 380 g/mol. The molecule has 0 radical (unpaired) electrons. The summed E-state index contributed by atoms with van der Waals surface area (Å²) >= 11 is 1.48. The minimum atomic E-state index is -0.220. The van der Waals surface area contributed by atoms with Gasteiger partial charge in [-0.25, -0.2) is 4.98 Å². The van der Waals surface area contributed by atoms with E-state index in [1.54, 1.807) is 12.3 Å². The number of ether oxygens (including phenoxy) is 1. The van der Waals surface area contributed by atoms with Gasteiger partial charge in [0.25, 0.3) is 5.91 Å². The largest absolute Gasteiger partial charge is 0.483 e. The minimum Gasteiger partial charge on any atom is -0.483 e. The van der Waals surface area contributed by atoms with Crippen molar-refractivity contribution in [3.05, 3.63) is 70.7 Å². The van der Waals surface area contributed by atoms with Gasteiger partial charge >= 0.3 is 0 Å². The Kier molecular flexibility index (Phi) is 6.17. The maximum absolute atomic E-state index is 12.1. The Bertz CT molecular complexity index is 935. The number of anilines is 2. The maximum atomic E-state index is 12.1. The summed E-state index contributed by atoms with van der Waals surface area (Å²) in [5.41, 5.74) is 6.48. The van der Waals surface area contributed by atoms with E-state index in [1.165, 1.54) is 11.3 Å². The summed E-state index contributed by atoms with van der Waals surface area (Å²) in [6.07, 6.45) is 1.64. The fraction of sp³-hybridized carbons (Fsp3) is 0.150. The van der Waals surface area contributed by atoms with Crippen LogP contribution in [0.1, 0.15) is 16.8 Å². The van der Waals surface area contributed by atoms with Crippen LogP contribution in [0.2, 0.25) is 0 Å². The SMILES string of the molecule is Cc1ccc(NC(=O)COc2ccccc2C=NNc2nc(C)cs2)cc1. The highest BCUT2D eigenvalue weighted by molar-refractivity contribution is 7.13. The van der Waals surface area contributed by atoms with Crippen molar-refractivity contribution in [3.8, 4) is 5.75 Å². The Hall–Kier alpha value is -3.19. The summed E-state index contributed by atoms with van der Waals surface area (Å²) in [6, 6.07) is 15.0. The topological polar surface area (TPSA) is 75.6 Å². The molecule has 3 aromatic rings. The second kappa shape index (κ2) is 8.95. The fourth-order valence-corrected chi connectivity index (χ4v) is 2.90. The van der Waals surface area contributed by atoms with Crippen LogP contribution in [0.4, 0.5) is 10.8 Å². The lowest BCUT2D eigenvalue weighted by molar-refractivity contribution is -0.118. The number of rotatable bonds is 7. The quantitative estimate of drug-likeness (QED) is 0.475. The number of benzene rings is 2. The molecule has 3 rings (SSSR count). The van der Waals surface area contributed by atoms with Crippen LogP contribution in [0, 0.1) is 13.8 Å². The molecular formula is C20H20N4O2S. The number of hydrogen-bond acceptors (Lipinski definition) is 6. The number of hydrogen-bond donors (Lipinski definition) is 2. The van der Waals surface area contributed by atoms with Crippen molar-refractivity contribution in [1.82, 2.24) is 4.98 Å². The molecule has 0 bridgehead atoms. The lowest BCUT2D eigenvalue weighted by atomic mass is 10.2. The highest BCUT2D eigenvalue weighted by atomic mass is 32.1. The van der Waals surface area contributed by atoms with Gasteiger partial charge in [0.1, 0.15) is 5.75 Å². The van der Waals surface area contributed by atoms with E-state index < -0.39 is 0 Å². The van der Waals surface area contributed by atoms with Crippen molar-refractivity contribution in [3.63, 3.8) is 0 Å². The number of carbonyl (C=O) groups excluding carboxylic acids is 1. The molecule has 0 aliphatic carbocycles. The molecule has 0 fully saturated rings. The normalized spacial score (nSPS) is 10.7. The first kappa shape index (κ1) is 18.6. The molecule has 7 heteroatoms. The summed E-state index contributed by atoms with van der Waals surface area (Å²) in [7, 11) is 0. The molecule has 0 saturated heterocycles. The van der Waals surface area contributed by atoms with Crippen LogP contribution >= 0.6 is 11.3 Å². The van der Waals surface area contributed by atoms with E-state index in [1.807, 2.05) is 61.7 Å². The Morgan fingerprint density at radius 3 is 2.70 bits per heavy atom. The van der Waals surface area contributed by atoms with Crippen LogP contribution in [0.25, 0.3) is 0 Å². The molecule has 0 atom stereocenters. The number of para-hydroxylation sites is 1. The molecule has 1 heterocycles. The number of amides is 1. The average Bonchev–Trinajstić information content (AvgIpc) is 3.08. The number of nitrogens with zero attached hydrogens (tertiary/aromatic N) is 2. The van der Waals surface area contributed by atoms with Gasteiger partial charge in [-0.1, -0.05) is 29.8 Å². The number of carbonyl (C=O) groups is 1. The molecule has 0 aliphatic rings. The van der Waals surface area contributed by atoms with E-state index in [2.05, 4.69) is 20.8 Å². The van der Waals surface area contributed by atoms with Gasteiger partial charge in [0.15, 0.2) is 6.61 Å². The third-order valence-corrected chi connectivity index (χ3v) is 4.46. The van der Waals surface area contributed by atoms with Gasteiger partial charge in [-0.15, -0.1) is 11.3 Å². The van der Waals surface area contributed by atoms with E-state index in [9.17, 15) is 4.79 Å². The lowest BCUT2D eigenvalue weighted by Gasteiger charge is -2.09. The van der Waals surface area contributed by atoms with Crippen LogP contribution in [-0.4, -0.2) is 23.7 Å². The molecule has 2 N–H and O–H groups in total. The first-order valence-electron chi connectivity index (χ1n) is 8.40. The van der Waals surface area contributed by atoms with Crippen LogP contribution in [0.5, 0.6) is 5.75 Å². The number of aryl methyl sites for hydroxylation is 2. The lowest BCUT2D eigenvalue weighted by Crippen LogP contribution is -2.20. The van der Waals surface area contributed by atoms with Crippen molar-refractivity contribution in [1.29, 1.82) is 0 Å². The summed E-state index contributed by atoms with van der Waals surface area (Å²) in [6.45, 7) is 3.84. The van der Waals surface area contributed by atoms with Crippen molar-refractivity contribution >= 4 is 34.3 Å². The van der Waals surface area contributed by atoms with Crippen LogP contribution < -0.4 is 15.5 Å². The molecule has 27 heavy (non-hydrogen) atoms. The third kappa shape index (κ3) is 5.65. The van der Waals surface area contributed by atoms with Crippen LogP contribution in [0.3, 0.4) is 0 Å². The van der Waals surface area contributed by atoms with E-state index in [0.29, 0.717) is 5.75 Å². The molecular weight excluding hydrogens is 360 g/mol. The smallest absolute Gasteiger partial charge is 0.262 e. The van der Waals surface area contributed by atoms with E-state index in [4.69, 9.17) is 4.74 Å². The van der Waals surface area contributed by atoms with Gasteiger partial charge in [-0.3, -0.25) is 10.2 Å². The summed E-state index contributed by atoms with van der Waals surface area (Å²) in [4.78, 5) is 16.4. The number of nitrogens with one attached hydrogen (secondary N) is 2. The molecule has 0 aliphatic heterocycles. The molecule has 1 amide bonds. The zero-order chi connectivity index (χ0) is 19.1. The fourth-order valence-electron chi connectivity index (χ4n) is 2.26. The Morgan fingerprint density at radius 2 is 1.96 bits per heavy atom. The summed E-state index contributed by atoms with van der Waals surface area (Å²) in [5, 5.41) is 9.66. The average molecular weight is 380 g/mol. The number of aromatic nitrogens is 1. The van der Waals surface area contributed by atoms with E-state index >= 15 is 0 Å². The standard InChI is InChI=1S/C20H20N4O2S/c1-14-7-9-17(10-8-14)23-19(25)12-26-18-6-4-3-5-16(18)11-21-24-20-22-15(2)13-27-20/h3-11,13H,12H2,1-2H3,(H,22,24)(H,23,25). The maximum Gasteiger partial charge on any atom is 0.262 e. The summed E-state index contributed by atoms with van der Waals surface area (Å²) in [5.74, 6) is 0.361. The van der Waals surface area contributed by atoms with Gasteiger partial charge in [0.2, 0.25) is 5.13 Å². The zero-order valence-corrected chi connectivity index (χ0v) is 15.9. The van der Waals surface area contributed by atoms with Crippen molar-refractivity contribution in [2.75, 3.05) is 17.3 Å². The molecule has 0 unspecified atom stereocenters. The van der Waals surface area contributed by atoms with E-state index in [-0.39, 0.29) is 12.5 Å². The molecule has 0 saturated carbocycles.